The van der Waals surface area contributed by atoms with Crippen LogP contribution in [-0.4, -0.2) is 83.9 Å². The summed E-state index contributed by atoms with van der Waals surface area (Å²) in [4.78, 5) is 43.4. The lowest BCUT2D eigenvalue weighted by Gasteiger charge is -2.40. The standard InChI is InChI=1S/C26H39N3O4/c1-20(30)28-16-14-27(15-17-28)12-10-23-19-29(25(32)21-8-6-5-7-9-21)13-11-22(23)18-24(31)33-26(2,3)4/h5-9,22-23H,10-19H2,1-4H3. The van der Waals surface area contributed by atoms with E-state index in [0.29, 0.717) is 25.1 Å². The molecule has 2 aliphatic rings. The van der Waals surface area contributed by atoms with Gasteiger partial charge >= 0.3 is 5.97 Å². The second-order valence-corrected chi connectivity index (χ2v) is 10.4. The SMILES string of the molecule is CC(=O)N1CCN(CCC2CN(C(=O)c3ccccc3)CCC2CC(=O)OC(C)(C)C)CC1. The summed E-state index contributed by atoms with van der Waals surface area (Å²) in [5.74, 6) is 0.485. The Balaban J connectivity index is 1.62. The van der Waals surface area contributed by atoms with Crippen molar-refractivity contribution < 1.29 is 19.1 Å². The van der Waals surface area contributed by atoms with Crippen LogP contribution in [0, 0.1) is 11.8 Å². The van der Waals surface area contributed by atoms with Gasteiger partial charge in [0, 0.05) is 58.2 Å². The summed E-state index contributed by atoms with van der Waals surface area (Å²) in [5, 5.41) is 0. The zero-order valence-corrected chi connectivity index (χ0v) is 20.6. The second-order valence-electron chi connectivity index (χ2n) is 10.4. The molecule has 0 radical (unpaired) electrons. The zero-order chi connectivity index (χ0) is 24.0. The number of piperazine rings is 1. The topological polar surface area (TPSA) is 70.2 Å². The molecule has 2 atom stereocenters. The first-order chi connectivity index (χ1) is 15.6. The Kier molecular flexibility index (Phi) is 8.51. The van der Waals surface area contributed by atoms with Crippen LogP contribution < -0.4 is 0 Å². The van der Waals surface area contributed by atoms with Gasteiger partial charge in [0.25, 0.3) is 5.91 Å². The smallest absolute Gasteiger partial charge is 0.306 e. The van der Waals surface area contributed by atoms with Crippen LogP contribution in [0.5, 0.6) is 0 Å². The van der Waals surface area contributed by atoms with E-state index in [1.165, 1.54) is 0 Å². The molecule has 2 heterocycles. The van der Waals surface area contributed by atoms with E-state index in [4.69, 9.17) is 4.74 Å². The van der Waals surface area contributed by atoms with Gasteiger partial charge in [-0.1, -0.05) is 18.2 Å². The highest BCUT2D eigenvalue weighted by Crippen LogP contribution is 2.31. The summed E-state index contributed by atoms with van der Waals surface area (Å²) < 4.78 is 5.59. The minimum absolute atomic E-state index is 0.0615. The van der Waals surface area contributed by atoms with E-state index in [0.717, 1.165) is 45.6 Å². The third-order valence-corrected chi connectivity index (χ3v) is 6.68. The molecule has 7 nitrogen and oxygen atoms in total. The van der Waals surface area contributed by atoms with E-state index in [1.54, 1.807) is 6.92 Å². The van der Waals surface area contributed by atoms with Gasteiger partial charge < -0.3 is 14.5 Å². The van der Waals surface area contributed by atoms with E-state index in [2.05, 4.69) is 4.90 Å². The first-order valence-corrected chi connectivity index (χ1v) is 12.2. The van der Waals surface area contributed by atoms with Gasteiger partial charge in [-0.05, 0) is 64.1 Å². The van der Waals surface area contributed by atoms with E-state index >= 15 is 0 Å². The van der Waals surface area contributed by atoms with Gasteiger partial charge in [-0.3, -0.25) is 19.3 Å². The first kappa shape index (κ1) is 25.2. The maximum absolute atomic E-state index is 13.1. The highest BCUT2D eigenvalue weighted by Gasteiger charge is 2.34. The number of esters is 1. The molecule has 0 aromatic heterocycles. The van der Waals surface area contributed by atoms with Crippen LogP contribution in [0.15, 0.2) is 30.3 Å². The van der Waals surface area contributed by atoms with Gasteiger partial charge in [0.05, 0.1) is 0 Å². The number of hydrogen-bond donors (Lipinski definition) is 0. The fraction of sp³-hybridized carbons (Fsp3) is 0.654. The Hall–Kier alpha value is -2.41. The van der Waals surface area contributed by atoms with Crippen molar-refractivity contribution in [3.05, 3.63) is 35.9 Å². The van der Waals surface area contributed by atoms with Crippen molar-refractivity contribution in [1.29, 1.82) is 0 Å². The summed E-state index contributed by atoms with van der Waals surface area (Å²) in [6.45, 7) is 12.8. The molecule has 3 rings (SSSR count). The quantitative estimate of drug-likeness (QED) is 0.614. The van der Waals surface area contributed by atoms with Crippen LogP contribution in [0.2, 0.25) is 0 Å². The predicted molar refractivity (Wildman–Crippen MR) is 128 cm³/mol. The van der Waals surface area contributed by atoms with E-state index in [-0.39, 0.29) is 29.6 Å². The number of carbonyl (C=O) groups is 3. The number of carbonyl (C=O) groups excluding carboxylic acids is 3. The minimum atomic E-state index is -0.493. The summed E-state index contributed by atoms with van der Waals surface area (Å²) in [6.07, 6.45) is 2.13. The van der Waals surface area contributed by atoms with Crippen LogP contribution in [0.25, 0.3) is 0 Å². The molecule has 2 fully saturated rings. The molecular weight excluding hydrogens is 418 g/mol. The summed E-state index contributed by atoms with van der Waals surface area (Å²) in [6, 6.07) is 9.41. The van der Waals surface area contributed by atoms with Gasteiger partial charge in [-0.2, -0.15) is 0 Å². The lowest BCUT2D eigenvalue weighted by Crippen LogP contribution is -2.49. The molecule has 33 heavy (non-hydrogen) atoms. The van der Waals surface area contributed by atoms with Crippen molar-refractivity contribution >= 4 is 17.8 Å². The highest BCUT2D eigenvalue weighted by molar-refractivity contribution is 5.94. The molecule has 2 saturated heterocycles. The largest absolute Gasteiger partial charge is 0.460 e. The zero-order valence-electron chi connectivity index (χ0n) is 20.6. The molecule has 0 saturated carbocycles. The minimum Gasteiger partial charge on any atom is -0.460 e. The average molecular weight is 458 g/mol. The molecule has 1 aromatic rings. The van der Waals surface area contributed by atoms with Crippen LogP contribution >= 0.6 is 0 Å². The summed E-state index contributed by atoms with van der Waals surface area (Å²) in [7, 11) is 0. The highest BCUT2D eigenvalue weighted by atomic mass is 16.6. The normalized spacial score (nSPS) is 22.2. The van der Waals surface area contributed by atoms with Gasteiger partial charge in [0.2, 0.25) is 5.91 Å². The van der Waals surface area contributed by atoms with E-state index < -0.39 is 5.60 Å². The molecule has 1 aromatic carbocycles. The number of nitrogens with zero attached hydrogens (tertiary/aromatic N) is 3. The van der Waals surface area contributed by atoms with Crippen molar-refractivity contribution in [2.24, 2.45) is 11.8 Å². The molecule has 0 N–H and O–H groups in total. The van der Waals surface area contributed by atoms with Crippen molar-refractivity contribution in [2.75, 3.05) is 45.8 Å². The molecule has 7 heteroatoms. The maximum Gasteiger partial charge on any atom is 0.306 e. The van der Waals surface area contributed by atoms with E-state index in [1.807, 2.05) is 60.9 Å². The Morgan fingerprint density at radius 3 is 2.21 bits per heavy atom. The van der Waals surface area contributed by atoms with Crippen molar-refractivity contribution in [1.82, 2.24) is 14.7 Å². The van der Waals surface area contributed by atoms with Crippen LogP contribution in [0.4, 0.5) is 0 Å². The molecule has 2 unspecified atom stereocenters. The molecule has 182 valence electrons. The number of hydrogen-bond acceptors (Lipinski definition) is 5. The average Bonchev–Trinajstić information content (AvgIpc) is 2.77. The molecule has 2 aliphatic heterocycles. The fourth-order valence-electron chi connectivity index (χ4n) is 4.86. The Bertz CT molecular complexity index is 813. The molecule has 0 bridgehead atoms. The number of amides is 2. The van der Waals surface area contributed by atoms with Gasteiger partial charge in [-0.15, -0.1) is 0 Å². The van der Waals surface area contributed by atoms with Crippen molar-refractivity contribution in [3.63, 3.8) is 0 Å². The Morgan fingerprint density at radius 1 is 0.939 bits per heavy atom. The van der Waals surface area contributed by atoms with Gasteiger partial charge in [-0.25, -0.2) is 0 Å². The Labute approximate surface area is 198 Å². The monoisotopic (exact) mass is 457 g/mol. The first-order valence-electron chi connectivity index (χ1n) is 12.2. The van der Waals surface area contributed by atoms with Gasteiger partial charge in [0.15, 0.2) is 0 Å². The van der Waals surface area contributed by atoms with Crippen molar-refractivity contribution in [2.45, 2.75) is 52.6 Å². The number of ether oxygens (including phenoxy) is 1. The van der Waals surface area contributed by atoms with Crippen LogP contribution in [0.1, 0.15) is 57.3 Å². The second kappa shape index (κ2) is 11.1. The lowest BCUT2D eigenvalue weighted by molar-refractivity contribution is -0.156. The lowest BCUT2D eigenvalue weighted by atomic mass is 9.80. The van der Waals surface area contributed by atoms with Gasteiger partial charge in [0.1, 0.15) is 5.60 Å². The predicted octanol–water partition coefficient (Wildman–Crippen LogP) is 3.05. The third-order valence-electron chi connectivity index (χ3n) is 6.68. The molecular formula is C26H39N3O4. The number of rotatable bonds is 6. The molecule has 0 spiro atoms. The van der Waals surface area contributed by atoms with Crippen LogP contribution in [0.3, 0.4) is 0 Å². The summed E-state index contributed by atoms with van der Waals surface area (Å²) in [5.41, 5.74) is 0.217. The van der Waals surface area contributed by atoms with Crippen LogP contribution in [-0.2, 0) is 14.3 Å². The molecule has 0 aliphatic carbocycles. The number of likely N-dealkylation sites (tertiary alicyclic amines) is 1. The molecule has 2 amide bonds. The van der Waals surface area contributed by atoms with E-state index in [9.17, 15) is 14.4 Å². The maximum atomic E-state index is 13.1. The third kappa shape index (κ3) is 7.56. The number of benzene rings is 1. The Morgan fingerprint density at radius 2 is 1.61 bits per heavy atom. The summed E-state index contributed by atoms with van der Waals surface area (Å²) >= 11 is 0. The number of piperidine rings is 1. The fourth-order valence-corrected chi connectivity index (χ4v) is 4.86. The van der Waals surface area contributed by atoms with Crippen molar-refractivity contribution in [3.8, 4) is 0 Å².